The number of nitrogens with one attached hydrogen (secondary N) is 1. The first-order valence-electron chi connectivity index (χ1n) is 5.50. The summed E-state index contributed by atoms with van der Waals surface area (Å²) in [5.74, 6) is 0. The first-order valence-corrected chi connectivity index (χ1v) is 11.1. The zero-order valence-electron chi connectivity index (χ0n) is 10.8. The van der Waals surface area contributed by atoms with Crippen molar-refractivity contribution in [2.75, 3.05) is 12.9 Å². The molecule has 1 N–H and O–H groups in total. The number of rotatable bonds is 6. The predicted molar refractivity (Wildman–Crippen MR) is 69.5 cm³/mol. The van der Waals surface area contributed by atoms with Crippen molar-refractivity contribution in [2.24, 2.45) is 0 Å². The summed E-state index contributed by atoms with van der Waals surface area (Å²) in [5, 5.41) is 0.00120. The van der Waals surface area contributed by atoms with Crippen LogP contribution in [0.5, 0.6) is 0 Å². The van der Waals surface area contributed by atoms with E-state index >= 15 is 0 Å². The molecule has 0 fully saturated rings. The number of sulfone groups is 1. The number of hydrogen-bond donors (Lipinski definition) is 1. The highest BCUT2D eigenvalue weighted by molar-refractivity contribution is 7.90. The Hall–Kier alpha value is -0.663. The second kappa shape index (κ2) is 5.32. The van der Waals surface area contributed by atoms with Gasteiger partial charge in [0.15, 0.2) is 0 Å². The molecular formula is C10H20N2O3SSi. The maximum absolute atomic E-state index is 11.2. The first-order chi connectivity index (χ1) is 7.68. The summed E-state index contributed by atoms with van der Waals surface area (Å²) in [5.41, 5.74) is 0.626. The molecule has 0 aliphatic heterocycles. The molecule has 0 saturated carbocycles. The fourth-order valence-electron chi connectivity index (χ4n) is 1.16. The van der Waals surface area contributed by atoms with E-state index in [9.17, 15) is 8.42 Å². The molecule has 0 spiro atoms. The number of aromatic nitrogens is 2. The lowest BCUT2D eigenvalue weighted by molar-refractivity contribution is 0.130. The molecule has 1 rings (SSSR count). The van der Waals surface area contributed by atoms with E-state index in [1.807, 2.05) is 0 Å². The summed E-state index contributed by atoms with van der Waals surface area (Å²) in [6.45, 7) is 7.92. The van der Waals surface area contributed by atoms with Gasteiger partial charge in [0.1, 0.15) is 0 Å². The molecule has 0 aliphatic rings. The molecule has 0 aliphatic carbocycles. The molecule has 0 atom stereocenters. The molecule has 0 amide bonds. The minimum atomic E-state index is -3.25. The summed E-state index contributed by atoms with van der Waals surface area (Å²) >= 11 is 0. The fourth-order valence-corrected chi connectivity index (χ4v) is 2.47. The van der Waals surface area contributed by atoms with E-state index < -0.39 is 17.9 Å². The Balaban J connectivity index is 2.41. The fraction of sp³-hybridized carbons (Fsp3) is 0.700. The minimum Gasteiger partial charge on any atom is -0.375 e. The Kier molecular flexibility index (Phi) is 4.51. The van der Waals surface area contributed by atoms with Gasteiger partial charge in [-0.15, -0.1) is 0 Å². The minimum absolute atomic E-state index is 0.00120. The Labute approximate surface area is 104 Å². The molecule has 1 aromatic heterocycles. The Morgan fingerprint density at radius 3 is 2.53 bits per heavy atom. The molecule has 0 bridgehead atoms. The average molecular weight is 276 g/mol. The van der Waals surface area contributed by atoms with Gasteiger partial charge in [-0.1, -0.05) is 19.6 Å². The highest BCUT2D eigenvalue weighted by Crippen LogP contribution is 2.09. The molecule has 0 radical (unpaired) electrons. The number of nitrogens with zero attached hydrogens (tertiary/aromatic N) is 1. The molecule has 0 unspecified atom stereocenters. The Bertz CT molecular complexity index is 462. The van der Waals surface area contributed by atoms with Crippen molar-refractivity contribution in [3.05, 3.63) is 11.9 Å². The smallest absolute Gasteiger partial charge is 0.225 e. The zero-order valence-corrected chi connectivity index (χ0v) is 12.6. The third kappa shape index (κ3) is 5.47. The van der Waals surface area contributed by atoms with Crippen LogP contribution >= 0.6 is 0 Å². The molecule has 1 heterocycles. The van der Waals surface area contributed by atoms with Gasteiger partial charge in [-0.25, -0.2) is 13.4 Å². The van der Waals surface area contributed by atoms with E-state index in [4.69, 9.17) is 4.74 Å². The molecule has 0 saturated heterocycles. The maximum atomic E-state index is 11.2. The highest BCUT2D eigenvalue weighted by atomic mass is 32.2. The summed E-state index contributed by atoms with van der Waals surface area (Å²) in [7, 11) is -4.32. The Morgan fingerprint density at radius 1 is 1.41 bits per heavy atom. The van der Waals surface area contributed by atoms with E-state index in [1.54, 1.807) is 6.20 Å². The SMILES string of the molecule is C[Si](C)(C)CCOCc1c[nH]c(S(C)(=O)=O)n1. The van der Waals surface area contributed by atoms with Crippen LogP contribution in [0.2, 0.25) is 25.7 Å². The van der Waals surface area contributed by atoms with Crippen LogP contribution in [-0.2, 0) is 21.2 Å². The van der Waals surface area contributed by atoms with Crippen LogP contribution < -0.4 is 0 Å². The van der Waals surface area contributed by atoms with Gasteiger partial charge in [0.05, 0.1) is 12.3 Å². The quantitative estimate of drug-likeness (QED) is 0.633. The average Bonchev–Trinajstić information content (AvgIpc) is 2.58. The van der Waals surface area contributed by atoms with Gasteiger partial charge >= 0.3 is 0 Å². The van der Waals surface area contributed by atoms with Gasteiger partial charge in [0, 0.05) is 27.1 Å². The van der Waals surface area contributed by atoms with Crippen molar-refractivity contribution >= 4 is 17.9 Å². The van der Waals surface area contributed by atoms with Crippen LogP contribution in [0.1, 0.15) is 5.69 Å². The summed E-state index contributed by atoms with van der Waals surface area (Å²) in [6.07, 6.45) is 2.70. The first kappa shape index (κ1) is 14.4. The summed E-state index contributed by atoms with van der Waals surface area (Å²) < 4.78 is 27.8. The molecular weight excluding hydrogens is 256 g/mol. The molecule has 1 aromatic rings. The predicted octanol–water partition coefficient (Wildman–Crippen LogP) is 1.67. The second-order valence-corrected chi connectivity index (χ2v) is 12.9. The number of H-pyrrole nitrogens is 1. The van der Waals surface area contributed by atoms with Crippen molar-refractivity contribution in [3.8, 4) is 0 Å². The van der Waals surface area contributed by atoms with Crippen molar-refractivity contribution in [3.63, 3.8) is 0 Å². The van der Waals surface area contributed by atoms with Crippen molar-refractivity contribution in [1.82, 2.24) is 9.97 Å². The molecule has 5 nitrogen and oxygen atoms in total. The third-order valence-corrected chi connectivity index (χ3v) is 4.82. The van der Waals surface area contributed by atoms with Crippen LogP contribution in [0.3, 0.4) is 0 Å². The number of imidazole rings is 1. The van der Waals surface area contributed by atoms with E-state index in [1.165, 1.54) is 0 Å². The van der Waals surface area contributed by atoms with Crippen LogP contribution in [0, 0.1) is 0 Å². The number of aromatic amines is 1. The second-order valence-electron chi connectivity index (χ2n) is 5.33. The summed E-state index contributed by atoms with van der Waals surface area (Å²) in [6, 6.07) is 1.09. The van der Waals surface area contributed by atoms with Crippen LogP contribution in [0.15, 0.2) is 11.4 Å². The topological polar surface area (TPSA) is 72.1 Å². The molecule has 7 heteroatoms. The van der Waals surface area contributed by atoms with Crippen molar-refractivity contribution in [2.45, 2.75) is 37.4 Å². The lowest BCUT2D eigenvalue weighted by Crippen LogP contribution is -2.21. The van der Waals surface area contributed by atoms with Gasteiger partial charge in [0.2, 0.25) is 15.0 Å². The van der Waals surface area contributed by atoms with Crippen LogP contribution in [-0.4, -0.2) is 39.3 Å². The van der Waals surface area contributed by atoms with Crippen LogP contribution in [0.4, 0.5) is 0 Å². The Morgan fingerprint density at radius 2 is 2.06 bits per heavy atom. The number of hydrogen-bond acceptors (Lipinski definition) is 4. The van der Waals surface area contributed by atoms with Crippen LogP contribution in [0.25, 0.3) is 0 Å². The highest BCUT2D eigenvalue weighted by Gasteiger charge is 2.14. The van der Waals surface area contributed by atoms with Gasteiger partial charge in [-0.2, -0.15) is 0 Å². The lowest BCUT2D eigenvalue weighted by Gasteiger charge is -2.14. The standard InChI is InChI=1S/C10H20N2O3SSi/c1-16(13,14)10-11-7-9(12-10)8-15-5-6-17(2,3)4/h7H,5-6,8H2,1-4H3,(H,11,12). The maximum Gasteiger partial charge on any atom is 0.225 e. The van der Waals surface area contributed by atoms with Crippen molar-refractivity contribution in [1.29, 1.82) is 0 Å². The molecule has 0 aromatic carbocycles. The van der Waals surface area contributed by atoms with Gasteiger partial charge in [-0.05, 0) is 6.04 Å². The van der Waals surface area contributed by atoms with E-state index in [0.29, 0.717) is 18.9 Å². The van der Waals surface area contributed by atoms with Gasteiger partial charge in [0.25, 0.3) is 0 Å². The lowest BCUT2D eigenvalue weighted by atomic mass is 10.5. The molecule has 98 valence electrons. The van der Waals surface area contributed by atoms with Crippen molar-refractivity contribution < 1.29 is 13.2 Å². The third-order valence-electron chi connectivity index (χ3n) is 2.20. The zero-order chi connectivity index (χ0) is 13.1. The van der Waals surface area contributed by atoms with Gasteiger partial charge < -0.3 is 9.72 Å². The number of ether oxygens (including phenoxy) is 1. The van der Waals surface area contributed by atoms with E-state index in [0.717, 1.165) is 12.3 Å². The summed E-state index contributed by atoms with van der Waals surface area (Å²) in [4.78, 5) is 6.59. The molecule has 17 heavy (non-hydrogen) atoms. The normalized spacial score (nSPS) is 12.9. The van der Waals surface area contributed by atoms with E-state index in [-0.39, 0.29) is 5.16 Å². The van der Waals surface area contributed by atoms with Gasteiger partial charge in [-0.3, -0.25) is 0 Å². The monoisotopic (exact) mass is 276 g/mol. The largest absolute Gasteiger partial charge is 0.375 e. The van der Waals surface area contributed by atoms with E-state index in [2.05, 4.69) is 29.6 Å².